The highest BCUT2D eigenvalue weighted by molar-refractivity contribution is 7.09. The van der Waals surface area contributed by atoms with Crippen LogP contribution in [0.15, 0.2) is 29.8 Å². The molecule has 1 aromatic carbocycles. The van der Waals surface area contributed by atoms with E-state index in [1.807, 2.05) is 37.4 Å². The fourth-order valence-electron chi connectivity index (χ4n) is 2.18. The summed E-state index contributed by atoms with van der Waals surface area (Å²) in [5.41, 5.74) is 2.83. The molecule has 0 aliphatic rings. The van der Waals surface area contributed by atoms with Gasteiger partial charge in [-0.2, -0.15) is 0 Å². The molecule has 2 rings (SSSR count). The monoisotopic (exact) mass is 303 g/mol. The Labute approximate surface area is 129 Å². The molecule has 2 aromatic rings. The van der Waals surface area contributed by atoms with E-state index in [9.17, 15) is 4.79 Å². The molecule has 2 N–H and O–H groups in total. The van der Waals surface area contributed by atoms with Crippen molar-refractivity contribution >= 4 is 22.9 Å². The molecule has 0 bridgehead atoms. The average Bonchev–Trinajstić information content (AvgIpc) is 3.01. The molecule has 0 saturated heterocycles. The van der Waals surface area contributed by atoms with E-state index in [0.717, 1.165) is 29.2 Å². The molecule has 1 amide bonds. The van der Waals surface area contributed by atoms with Crippen LogP contribution in [0.5, 0.6) is 0 Å². The molecule has 0 radical (unpaired) electrons. The van der Waals surface area contributed by atoms with Crippen molar-refractivity contribution in [3.63, 3.8) is 0 Å². The predicted octanol–water partition coefficient (Wildman–Crippen LogP) is 3.76. The van der Waals surface area contributed by atoms with E-state index in [1.165, 1.54) is 0 Å². The highest BCUT2D eigenvalue weighted by Gasteiger charge is 2.16. The largest absolute Gasteiger partial charge is 0.385 e. The first-order valence-electron chi connectivity index (χ1n) is 7.20. The van der Waals surface area contributed by atoms with Gasteiger partial charge in [0.05, 0.1) is 6.04 Å². The third kappa shape index (κ3) is 3.82. The van der Waals surface area contributed by atoms with Gasteiger partial charge in [0, 0.05) is 29.4 Å². The van der Waals surface area contributed by atoms with Gasteiger partial charge in [-0.1, -0.05) is 6.92 Å². The molecule has 21 heavy (non-hydrogen) atoms. The summed E-state index contributed by atoms with van der Waals surface area (Å²) in [6.45, 7) is 6.98. The lowest BCUT2D eigenvalue weighted by atomic mass is 10.1. The Morgan fingerprint density at radius 3 is 2.76 bits per heavy atom. The zero-order chi connectivity index (χ0) is 15.2. The highest BCUT2D eigenvalue weighted by atomic mass is 32.1. The Morgan fingerprint density at radius 1 is 1.38 bits per heavy atom. The van der Waals surface area contributed by atoms with Crippen LogP contribution >= 0.6 is 11.3 Å². The molecular weight excluding hydrogens is 282 g/mol. The van der Waals surface area contributed by atoms with E-state index in [1.54, 1.807) is 17.5 Å². The summed E-state index contributed by atoms with van der Waals surface area (Å²) in [5, 5.41) is 9.21. The second-order valence-corrected chi connectivity index (χ2v) is 5.79. The molecule has 112 valence electrons. The summed E-state index contributed by atoms with van der Waals surface area (Å²) in [4.78, 5) is 16.7. The van der Waals surface area contributed by atoms with Crippen LogP contribution in [0.2, 0.25) is 0 Å². The number of carbonyl (C=O) groups excluding carboxylic acids is 1. The van der Waals surface area contributed by atoms with Crippen molar-refractivity contribution in [2.24, 2.45) is 0 Å². The van der Waals surface area contributed by atoms with Crippen LogP contribution in [-0.2, 0) is 0 Å². The summed E-state index contributed by atoms with van der Waals surface area (Å²) < 4.78 is 0. The first kappa shape index (κ1) is 15.5. The molecule has 5 heteroatoms. The van der Waals surface area contributed by atoms with Crippen LogP contribution in [0.25, 0.3) is 0 Å². The minimum atomic E-state index is -0.0526. The number of thiazole rings is 1. The summed E-state index contributed by atoms with van der Waals surface area (Å²) in [7, 11) is 0. The summed E-state index contributed by atoms with van der Waals surface area (Å²) in [5.74, 6) is -0.0526. The maximum absolute atomic E-state index is 12.4. The average molecular weight is 303 g/mol. The summed E-state index contributed by atoms with van der Waals surface area (Å²) in [6.07, 6.45) is 2.60. The van der Waals surface area contributed by atoms with Gasteiger partial charge in [0.2, 0.25) is 0 Å². The minimum absolute atomic E-state index is 0.0220. The van der Waals surface area contributed by atoms with Crippen LogP contribution < -0.4 is 10.6 Å². The van der Waals surface area contributed by atoms with Gasteiger partial charge in [0.25, 0.3) is 5.91 Å². The van der Waals surface area contributed by atoms with Gasteiger partial charge >= 0.3 is 0 Å². The van der Waals surface area contributed by atoms with Crippen molar-refractivity contribution in [3.8, 4) is 0 Å². The Bertz CT molecular complexity index is 596. The number of anilines is 1. The Hall–Kier alpha value is -1.88. The lowest BCUT2D eigenvalue weighted by Gasteiger charge is -2.15. The van der Waals surface area contributed by atoms with Crippen LogP contribution in [0.1, 0.15) is 47.2 Å². The van der Waals surface area contributed by atoms with E-state index < -0.39 is 0 Å². The number of carbonyl (C=O) groups is 1. The minimum Gasteiger partial charge on any atom is -0.385 e. The predicted molar refractivity (Wildman–Crippen MR) is 88.0 cm³/mol. The zero-order valence-corrected chi connectivity index (χ0v) is 13.5. The summed E-state index contributed by atoms with van der Waals surface area (Å²) in [6, 6.07) is 5.71. The van der Waals surface area contributed by atoms with Crippen LogP contribution in [0.3, 0.4) is 0 Å². The molecule has 4 nitrogen and oxygen atoms in total. The number of hydrogen-bond acceptors (Lipinski definition) is 4. The van der Waals surface area contributed by atoms with Gasteiger partial charge in [-0.15, -0.1) is 11.3 Å². The number of hydrogen-bond donors (Lipinski definition) is 2. The molecule has 0 spiro atoms. The highest BCUT2D eigenvalue weighted by Crippen LogP contribution is 2.21. The van der Waals surface area contributed by atoms with Crippen molar-refractivity contribution < 1.29 is 4.79 Å². The van der Waals surface area contributed by atoms with E-state index in [4.69, 9.17) is 0 Å². The van der Waals surface area contributed by atoms with E-state index >= 15 is 0 Å². The number of amides is 1. The topological polar surface area (TPSA) is 54.0 Å². The smallest absolute Gasteiger partial charge is 0.251 e. The second-order valence-electron chi connectivity index (χ2n) is 4.86. The third-order valence-corrected chi connectivity index (χ3v) is 4.21. The van der Waals surface area contributed by atoms with E-state index in [-0.39, 0.29) is 11.9 Å². The standard InChI is InChI=1S/C16H21N3OS/c1-4-13(16-18-8-9-21-16)19-15(20)12-6-7-14(17-5-2)11(3)10-12/h6-10,13,17H,4-5H2,1-3H3,(H,19,20). The molecule has 1 atom stereocenters. The number of aromatic nitrogens is 1. The quantitative estimate of drug-likeness (QED) is 0.854. The SMILES string of the molecule is CCNc1ccc(C(=O)NC(CC)c2nccs2)cc1C. The van der Waals surface area contributed by atoms with Crippen molar-refractivity contribution in [2.75, 3.05) is 11.9 Å². The Balaban J connectivity index is 2.11. The fraction of sp³-hybridized carbons (Fsp3) is 0.375. The number of rotatable bonds is 6. The van der Waals surface area contributed by atoms with Crippen LogP contribution in [0, 0.1) is 6.92 Å². The molecule has 0 aliphatic heterocycles. The van der Waals surface area contributed by atoms with Gasteiger partial charge in [0.15, 0.2) is 0 Å². The lowest BCUT2D eigenvalue weighted by Crippen LogP contribution is -2.28. The number of aryl methyl sites for hydroxylation is 1. The van der Waals surface area contributed by atoms with Gasteiger partial charge in [-0.25, -0.2) is 4.98 Å². The van der Waals surface area contributed by atoms with Gasteiger partial charge < -0.3 is 10.6 Å². The van der Waals surface area contributed by atoms with Gasteiger partial charge in [-0.3, -0.25) is 4.79 Å². The maximum Gasteiger partial charge on any atom is 0.251 e. The van der Waals surface area contributed by atoms with Crippen molar-refractivity contribution in [3.05, 3.63) is 45.9 Å². The van der Waals surface area contributed by atoms with Crippen molar-refractivity contribution in [1.82, 2.24) is 10.3 Å². The summed E-state index contributed by atoms with van der Waals surface area (Å²) >= 11 is 1.57. The van der Waals surface area contributed by atoms with Crippen molar-refractivity contribution in [1.29, 1.82) is 0 Å². The van der Waals surface area contributed by atoms with Gasteiger partial charge in [0.1, 0.15) is 5.01 Å². The molecule has 0 saturated carbocycles. The number of nitrogens with one attached hydrogen (secondary N) is 2. The second kappa shape index (κ2) is 7.22. The number of nitrogens with zero attached hydrogens (tertiary/aromatic N) is 1. The fourth-order valence-corrected chi connectivity index (χ4v) is 2.95. The Kier molecular flexibility index (Phi) is 5.33. The molecule has 1 heterocycles. The molecule has 0 aliphatic carbocycles. The third-order valence-electron chi connectivity index (χ3n) is 3.32. The molecule has 1 unspecified atom stereocenters. The first-order valence-corrected chi connectivity index (χ1v) is 8.08. The van der Waals surface area contributed by atoms with Crippen molar-refractivity contribution in [2.45, 2.75) is 33.2 Å². The maximum atomic E-state index is 12.4. The van der Waals surface area contributed by atoms with E-state index in [2.05, 4.69) is 22.5 Å². The normalized spacial score (nSPS) is 12.0. The lowest BCUT2D eigenvalue weighted by molar-refractivity contribution is 0.0935. The molecular formula is C16H21N3OS. The first-order chi connectivity index (χ1) is 10.2. The van der Waals surface area contributed by atoms with E-state index in [0.29, 0.717) is 5.56 Å². The Morgan fingerprint density at radius 2 is 2.19 bits per heavy atom. The number of benzene rings is 1. The molecule has 1 aromatic heterocycles. The van der Waals surface area contributed by atoms with Gasteiger partial charge in [-0.05, 0) is 44.0 Å². The molecule has 0 fully saturated rings. The zero-order valence-electron chi connectivity index (χ0n) is 12.6. The van der Waals surface area contributed by atoms with Crippen LogP contribution in [-0.4, -0.2) is 17.4 Å². The van der Waals surface area contributed by atoms with Crippen LogP contribution in [0.4, 0.5) is 5.69 Å².